The topological polar surface area (TPSA) is 61.6 Å². The van der Waals surface area contributed by atoms with E-state index in [0.717, 1.165) is 31.7 Å². The first-order chi connectivity index (χ1) is 15.4. The van der Waals surface area contributed by atoms with Gasteiger partial charge in [-0.25, -0.2) is 13.8 Å². The molecule has 0 radical (unpaired) electrons. The fraction of sp³-hybridized carbons (Fsp3) is 0.400. The lowest BCUT2D eigenvalue weighted by molar-refractivity contribution is 0.0166. The lowest BCUT2D eigenvalue weighted by atomic mass is 9.96. The standard InChI is InChI=1S/C25H28F2N4S/c1-3-4-5-6-7-8-9-19-10-11-21(13-22(19)25(2,26)27)30-24-31-23(17-32-24)20-12-18(14-28)15-29-16-20/h10-13,15-17H,3-9H2,1-2H3,(H,30,31). The molecule has 0 bridgehead atoms. The number of alkyl halides is 2. The lowest BCUT2D eigenvalue weighted by Gasteiger charge is -2.17. The van der Waals surface area contributed by atoms with Crippen LogP contribution in [0.25, 0.3) is 11.3 Å². The van der Waals surface area contributed by atoms with Gasteiger partial charge in [-0.2, -0.15) is 5.26 Å². The van der Waals surface area contributed by atoms with Crippen molar-refractivity contribution in [2.45, 2.75) is 64.7 Å². The van der Waals surface area contributed by atoms with E-state index in [1.165, 1.54) is 42.9 Å². The molecular weight excluding hydrogens is 426 g/mol. The van der Waals surface area contributed by atoms with Crippen LogP contribution in [-0.2, 0) is 12.3 Å². The van der Waals surface area contributed by atoms with Gasteiger partial charge in [0.1, 0.15) is 6.07 Å². The summed E-state index contributed by atoms with van der Waals surface area (Å²) in [5.41, 5.74) is 3.24. The van der Waals surface area contributed by atoms with Crippen LogP contribution < -0.4 is 5.32 Å². The zero-order chi connectivity index (χ0) is 23.0. The molecule has 3 rings (SSSR count). The molecule has 0 saturated heterocycles. The highest BCUT2D eigenvalue weighted by Gasteiger charge is 2.27. The van der Waals surface area contributed by atoms with E-state index in [1.807, 2.05) is 11.4 Å². The second-order valence-electron chi connectivity index (χ2n) is 8.02. The van der Waals surface area contributed by atoms with Gasteiger partial charge in [0.05, 0.1) is 11.3 Å². The molecule has 0 aliphatic carbocycles. The zero-order valence-corrected chi connectivity index (χ0v) is 19.3. The third-order valence-electron chi connectivity index (χ3n) is 5.30. The molecule has 0 aliphatic heterocycles. The minimum absolute atomic E-state index is 0.0683. The number of benzene rings is 1. The lowest BCUT2D eigenvalue weighted by Crippen LogP contribution is -2.11. The largest absolute Gasteiger partial charge is 0.332 e. The van der Waals surface area contributed by atoms with Crippen molar-refractivity contribution in [3.8, 4) is 17.3 Å². The first-order valence-electron chi connectivity index (χ1n) is 11.0. The quantitative estimate of drug-likeness (QED) is 0.300. The maximum Gasteiger partial charge on any atom is 0.270 e. The summed E-state index contributed by atoms with van der Waals surface area (Å²) in [6.07, 6.45) is 10.6. The molecule has 0 atom stereocenters. The number of nitrogens with one attached hydrogen (secondary N) is 1. The fourth-order valence-corrected chi connectivity index (χ4v) is 4.34. The van der Waals surface area contributed by atoms with E-state index in [1.54, 1.807) is 18.3 Å². The molecule has 4 nitrogen and oxygen atoms in total. The highest BCUT2D eigenvalue weighted by Crippen LogP contribution is 2.34. The Morgan fingerprint density at radius 3 is 2.62 bits per heavy atom. The summed E-state index contributed by atoms with van der Waals surface area (Å²) >= 11 is 1.37. The van der Waals surface area contributed by atoms with E-state index < -0.39 is 5.92 Å². The summed E-state index contributed by atoms with van der Waals surface area (Å²) in [5, 5.41) is 14.6. The van der Waals surface area contributed by atoms with Gasteiger partial charge in [0.25, 0.3) is 5.92 Å². The normalized spacial score (nSPS) is 11.3. The number of thiazole rings is 1. The Labute approximate surface area is 192 Å². The van der Waals surface area contributed by atoms with Gasteiger partial charge in [-0.15, -0.1) is 11.3 Å². The molecule has 168 valence electrons. The molecule has 0 saturated carbocycles. The number of pyridine rings is 1. The van der Waals surface area contributed by atoms with Gasteiger partial charge in [-0.3, -0.25) is 4.98 Å². The number of nitriles is 1. The molecule has 2 heterocycles. The van der Waals surface area contributed by atoms with Gasteiger partial charge < -0.3 is 5.32 Å². The number of anilines is 2. The Bertz CT molecular complexity index is 1070. The number of unbranched alkanes of at least 4 members (excludes halogenated alkanes) is 5. The van der Waals surface area contributed by atoms with Crippen LogP contribution >= 0.6 is 11.3 Å². The molecule has 32 heavy (non-hydrogen) atoms. The van der Waals surface area contributed by atoms with E-state index in [2.05, 4.69) is 28.3 Å². The molecule has 0 aliphatic rings. The van der Waals surface area contributed by atoms with Crippen molar-refractivity contribution >= 4 is 22.2 Å². The van der Waals surface area contributed by atoms with Crippen molar-refractivity contribution in [3.63, 3.8) is 0 Å². The van der Waals surface area contributed by atoms with Crippen molar-refractivity contribution in [2.75, 3.05) is 5.32 Å². The number of aryl methyl sites for hydroxylation is 1. The maximum absolute atomic E-state index is 14.3. The second kappa shape index (κ2) is 11.1. The van der Waals surface area contributed by atoms with E-state index in [4.69, 9.17) is 5.26 Å². The number of nitrogens with zero attached hydrogens (tertiary/aromatic N) is 3. The van der Waals surface area contributed by atoms with Gasteiger partial charge in [0, 0.05) is 41.5 Å². The van der Waals surface area contributed by atoms with Crippen LogP contribution in [-0.4, -0.2) is 9.97 Å². The van der Waals surface area contributed by atoms with Crippen molar-refractivity contribution in [1.82, 2.24) is 9.97 Å². The van der Waals surface area contributed by atoms with Crippen LogP contribution in [0, 0.1) is 11.3 Å². The average Bonchev–Trinajstić information content (AvgIpc) is 3.25. The number of hydrogen-bond acceptors (Lipinski definition) is 5. The summed E-state index contributed by atoms with van der Waals surface area (Å²) in [5.74, 6) is -2.91. The highest BCUT2D eigenvalue weighted by molar-refractivity contribution is 7.14. The smallest absolute Gasteiger partial charge is 0.270 e. The zero-order valence-electron chi connectivity index (χ0n) is 18.5. The fourth-order valence-electron chi connectivity index (χ4n) is 3.61. The highest BCUT2D eigenvalue weighted by atomic mass is 32.1. The number of rotatable bonds is 11. The summed E-state index contributed by atoms with van der Waals surface area (Å²) in [4.78, 5) is 8.58. The van der Waals surface area contributed by atoms with Crippen LogP contribution in [0.2, 0.25) is 0 Å². The predicted molar refractivity (Wildman–Crippen MR) is 126 cm³/mol. The summed E-state index contributed by atoms with van der Waals surface area (Å²) < 4.78 is 28.7. The van der Waals surface area contributed by atoms with Gasteiger partial charge in [-0.1, -0.05) is 45.1 Å². The summed E-state index contributed by atoms with van der Waals surface area (Å²) in [7, 11) is 0. The molecule has 1 aromatic carbocycles. The Balaban J connectivity index is 1.70. The summed E-state index contributed by atoms with van der Waals surface area (Å²) in [6, 6.07) is 8.95. The number of halogens is 2. The molecule has 1 N–H and O–H groups in total. The second-order valence-corrected chi connectivity index (χ2v) is 8.87. The molecule has 0 unspecified atom stereocenters. The minimum atomic E-state index is -2.91. The Hall–Kier alpha value is -2.85. The van der Waals surface area contributed by atoms with Crippen molar-refractivity contribution in [3.05, 3.63) is 58.7 Å². The maximum atomic E-state index is 14.3. The molecule has 7 heteroatoms. The average molecular weight is 455 g/mol. The van der Waals surface area contributed by atoms with Crippen LogP contribution in [0.1, 0.15) is 69.1 Å². The van der Waals surface area contributed by atoms with Crippen molar-refractivity contribution in [1.29, 1.82) is 5.26 Å². The SMILES string of the molecule is CCCCCCCCc1ccc(Nc2nc(-c3cncc(C#N)c3)cs2)cc1C(C)(F)F. The Kier molecular flexibility index (Phi) is 8.29. The van der Waals surface area contributed by atoms with Crippen molar-refractivity contribution in [2.24, 2.45) is 0 Å². The van der Waals surface area contributed by atoms with Gasteiger partial charge in [0.2, 0.25) is 0 Å². The van der Waals surface area contributed by atoms with E-state index in [0.29, 0.717) is 34.1 Å². The molecule has 0 amide bonds. The van der Waals surface area contributed by atoms with Crippen LogP contribution in [0.5, 0.6) is 0 Å². The molecule has 3 aromatic rings. The minimum Gasteiger partial charge on any atom is -0.332 e. The summed E-state index contributed by atoms with van der Waals surface area (Å²) in [6.45, 7) is 3.13. The van der Waals surface area contributed by atoms with Crippen LogP contribution in [0.4, 0.5) is 19.6 Å². The molecular formula is C25H28F2N4S. The van der Waals surface area contributed by atoms with Crippen LogP contribution in [0.3, 0.4) is 0 Å². The molecule has 2 aromatic heterocycles. The van der Waals surface area contributed by atoms with Gasteiger partial charge in [0.15, 0.2) is 5.13 Å². The van der Waals surface area contributed by atoms with E-state index in [9.17, 15) is 8.78 Å². The molecule has 0 fully saturated rings. The van der Waals surface area contributed by atoms with Gasteiger partial charge >= 0.3 is 0 Å². The Morgan fingerprint density at radius 2 is 1.88 bits per heavy atom. The van der Waals surface area contributed by atoms with Crippen LogP contribution in [0.15, 0.2) is 42.0 Å². The third kappa shape index (κ3) is 6.57. The van der Waals surface area contributed by atoms with E-state index in [-0.39, 0.29) is 5.56 Å². The van der Waals surface area contributed by atoms with Crippen molar-refractivity contribution < 1.29 is 8.78 Å². The number of aromatic nitrogens is 2. The van der Waals surface area contributed by atoms with Gasteiger partial charge in [-0.05, 0) is 36.6 Å². The van der Waals surface area contributed by atoms with E-state index >= 15 is 0 Å². The predicted octanol–water partition coefficient (Wildman–Crippen LogP) is 7.84. The third-order valence-corrected chi connectivity index (χ3v) is 6.06. The molecule has 0 spiro atoms. The first-order valence-corrected chi connectivity index (χ1v) is 11.9. The number of hydrogen-bond donors (Lipinski definition) is 1. The Morgan fingerprint density at radius 1 is 1.09 bits per heavy atom. The monoisotopic (exact) mass is 454 g/mol. The first kappa shape index (κ1) is 23.8.